The van der Waals surface area contributed by atoms with Crippen molar-refractivity contribution in [1.82, 2.24) is 9.97 Å². The SMILES string of the molecule is CC(C)c1c(NN)ncnc1N(C)CC(C)(C)O. The fraction of sp³-hybridized carbons (Fsp3) is 0.667. The van der Waals surface area contributed by atoms with Crippen LogP contribution in [0.2, 0.25) is 0 Å². The van der Waals surface area contributed by atoms with Crippen molar-refractivity contribution in [1.29, 1.82) is 0 Å². The minimum atomic E-state index is -0.787. The van der Waals surface area contributed by atoms with E-state index in [1.165, 1.54) is 6.33 Å². The monoisotopic (exact) mass is 253 g/mol. The molecule has 0 saturated carbocycles. The van der Waals surface area contributed by atoms with Crippen LogP contribution in [0.15, 0.2) is 6.33 Å². The molecule has 0 aliphatic rings. The summed E-state index contributed by atoms with van der Waals surface area (Å²) in [6.07, 6.45) is 1.47. The van der Waals surface area contributed by atoms with E-state index in [1.54, 1.807) is 13.8 Å². The molecule has 18 heavy (non-hydrogen) atoms. The summed E-state index contributed by atoms with van der Waals surface area (Å²) in [6, 6.07) is 0. The highest BCUT2D eigenvalue weighted by molar-refractivity contribution is 5.59. The largest absolute Gasteiger partial charge is 0.389 e. The summed E-state index contributed by atoms with van der Waals surface area (Å²) in [5.41, 5.74) is 2.76. The number of hydrazine groups is 1. The van der Waals surface area contributed by atoms with Crippen molar-refractivity contribution in [2.24, 2.45) is 5.84 Å². The number of hydrogen-bond acceptors (Lipinski definition) is 6. The zero-order valence-electron chi connectivity index (χ0n) is 11.7. The molecule has 0 atom stereocenters. The Morgan fingerprint density at radius 3 is 2.50 bits per heavy atom. The lowest BCUT2D eigenvalue weighted by Crippen LogP contribution is -2.37. The normalized spacial score (nSPS) is 11.8. The summed E-state index contributed by atoms with van der Waals surface area (Å²) in [5, 5.41) is 9.88. The summed E-state index contributed by atoms with van der Waals surface area (Å²) >= 11 is 0. The Hall–Kier alpha value is -1.40. The molecular formula is C12H23N5O. The number of rotatable bonds is 5. The third-order valence-corrected chi connectivity index (χ3v) is 2.56. The molecule has 0 radical (unpaired) electrons. The first-order valence-corrected chi connectivity index (χ1v) is 6.01. The van der Waals surface area contributed by atoms with E-state index < -0.39 is 5.60 Å². The highest BCUT2D eigenvalue weighted by Gasteiger charge is 2.21. The van der Waals surface area contributed by atoms with Crippen LogP contribution in [0, 0.1) is 0 Å². The van der Waals surface area contributed by atoms with E-state index in [1.807, 2.05) is 11.9 Å². The Balaban J connectivity index is 3.15. The molecule has 0 aromatic carbocycles. The van der Waals surface area contributed by atoms with E-state index in [-0.39, 0.29) is 5.92 Å². The molecular weight excluding hydrogens is 230 g/mol. The number of hydrogen-bond donors (Lipinski definition) is 3. The maximum atomic E-state index is 9.88. The zero-order valence-corrected chi connectivity index (χ0v) is 11.7. The van der Waals surface area contributed by atoms with Gasteiger partial charge in [-0.25, -0.2) is 15.8 Å². The first-order valence-electron chi connectivity index (χ1n) is 6.01. The Morgan fingerprint density at radius 1 is 1.44 bits per heavy atom. The summed E-state index contributed by atoms with van der Waals surface area (Å²) in [6.45, 7) is 8.12. The fourth-order valence-electron chi connectivity index (χ4n) is 1.99. The smallest absolute Gasteiger partial charge is 0.148 e. The molecule has 4 N–H and O–H groups in total. The van der Waals surface area contributed by atoms with Gasteiger partial charge in [0.1, 0.15) is 18.0 Å². The Bertz CT molecular complexity index is 400. The van der Waals surface area contributed by atoms with Crippen LogP contribution in [0.4, 0.5) is 11.6 Å². The predicted octanol–water partition coefficient (Wildman–Crippen LogP) is 1.09. The Kier molecular flexibility index (Phi) is 4.48. The molecule has 6 heteroatoms. The number of aromatic nitrogens is 2. The van der Waals surface area contributed by atoms with E-state index in [0.29, 0.717) is 12.4 Å². The number of anilines is 2. The number of nitrogens with zero attached hydrogens (tertiary/aromatic N) is 3. The Labute approximate surface area is 108 Å². The number of aliphatic hydroxyl groups is 1. The molecule has 0 aliphatic heterocycles. The van der Waals surface area contributed by atoms with Gasteiger partial charge in [0.15, 0.2) is 0 Å². The highest BCUT2D eigenvalue weighted by atomic mass is 16.3. The number of nitrogens with one attached hydrogen (secondary N) is 1. The van der Waals surface area contributed by atoms with Crippen molar-refractivity contribution in [3.05, 3.63) is 11.9 Å². The molecule has 6 nitrogen and oxygen atoms in total. The van der Waals surface area contributed by atoms with Crippen LogP contribution in [0.25, 0.3) is 0 Å². The average molecular weight is 253 g/mol. The molecule has 0 aliphatic carbocycles. The zero-order chi connectivity index (χ0) is 13.9. The van der Waals surface area contributed by atoms with Gasteiger partial charge in [-0.15, -0.1) is 0 Å². The number of nitrogens with two attached hydrogens (primary N) is 1. The van der Waals surface area contributed by atoms with E-state index in [0.717, 1.165) is 11.4 Å². The van der Waals surface area contributed by atoms with E-state index in [9.17, 15) is 5.11 Å². The topological polar surface area (TPSA) is 87.3 Å². The molecule has 0 unspecified atom stereocenters. The van der Waals surface area contributed by atoms with Gasteiger partial charge in [-0.1, -0.05) is 13.8 Å². The minimum absolute atomic E-state index is 0.233. The molecule has 0 fully saturated rings. The number of nitrogen functional groups attached to an aromatic ring is 1. The van der Waals surface area contributed by atoms with Crippen LogP contribution in [0.5, 0.6) is 0 Å². The summed E-state index contributed by atoms with van der Waals surface area (Å²) in [7, 11) is 1.90. The first-order chi connectivity index (χ1) is 8.26. The minimum Gasteiger partial charge on any atom is -0.389 e. The highest BCUT2D eigenvalue weighted by Crippen LogP contribution is 2.30. The number of likely N-dealkylation sites (N-methyl/N-ethyl adjacent to an activating group) is 1. The first kappa shape index (κ1) is 14.7. The van der Waals surface area contributed by atoms with Gasteiger partial charge >= 0.3 is 0 Å². The van der Waals surface area contributed by atoms with Gasteiger partial charge in [0.2, 0.25) is 0 Å². The van der Waals surface area contributed by atoms with Gasteiger partial charge in [0.25, 0.3) is 0 Å². The van der Waals surface area contributed by atoms with Crippen LogP contribution < -0.4 is 16.2 Å². The third-order valence-electron chi connectivity index (χ3n) is 2.56. The lowest BCUT2D eigenvalue weighted by atomic mass is 10.0. The molecule has 1 aromatic rings. The van der Waals surface area contributed by atoms with Crippen molar-refractivity contribution in [3.63, 3.8) is 0 Å². The van der Waals surface area contributed by atoms with Crippen molar-refractivity contribution in [2.45, 2.75) is 39.2 Å². The Morgan fingerprint density at radius 2 is 2.06 bits per heavy atom. The van der Waals surface area contributed by atoms with Crippen LogP contribution in [0.1, 0.15) is 39.2 Å². The second-order valence-corrected chi connectivity index (χ2v) is 5.43. The van der Waals surface area contributed by atoms with E-state index >= 15 is 0 Å². The van der Waals surface area contributed by atoms with Crippen molar-refractivity contribution in [2.75, 3.05) is 23.9 Å². The summed E-state index contributed by atoms with van der Waals surface area (Å²) in [4.78, 5) is 10.3. The van der Waals surface area contributed by atoms with Gasteiger partial charge in [0, 0.05) is 19.2 Å². The molecule has 1 heterocycles. The summed E-state index contributed by atoms with van der Waals surface area (Å²) < 4.78 is 0. The third kappa shape index (κ3) is 3.54. The van der Waals surface area contributed by atoms with E-state index in [4.69, 9.17) is 5.84 Å². The van der Waals surface area contributed by atoms with Gasteiger partial charge in [-0.3, -0.25) is 0 Å². The van der Waals surface area contributed by atoms with E-state index in [2.05, 4.69) is 29.2 Å². The van der Waals surface area contributed by atoms with Crippen LogP contribution >= 0.6 is 0 Å². The summed E-state index contributed by atoms with van der Waals surface area (Å²) in [5.74, 6) is 7.12. The van der Waals surface area contributed by atoms with Crippen LogP contribution in [0.3, 0.4) is 0 Å². The maximum Gasteiger partial charge on any atom is 0.148 e. The van der Waals surface area contributed by atoms with Gasteiger partial charge in [0.05, 0.1) is 5.60 Å². The quantitative estimate of drug-likeness (QED) is 0.538. The fourth-order valence-corrected chi connectivity index (χ4v) is 1.99. The predicted molar refractivity (Wildman–Crippen MR) is 73.5 cm³/mol. The maximum absolute atomic E-state index is 9.88. The lowest BCUT2D eigenvalue weighted by Gasteiger charge is -2.29. The second-order valence-electron chi connectivity index (χ2n) is 5.43. The second kappa shape index (κ2) is 5.49. The lowest BCUT2D eigenvalue weighted by molar-refractivity contribution is 0.0884. The van der Waals surface area contributed by atoms with Crippen LogP contribution in [-0.4, -0.2) is 34.3 Å². The standard InChI is InChI=1S/C12H23N5O/c1-8(2)9-10(16-13)14-7-15-11(9)17(5)6-12(3,4)18/h7-8,18H,6,13H2,1-5H3,(H,14,15,16). The molecule has 1 rings (SSSR count). The van der Waals surface area contributed by atoms with Crippen molar-refractivity contribution >= 4 is 11.6 Å². The van der Waals surface area contributed by atoms with Crippen molar-refractivity contribution in [3.8, 4) is 0 Å². The van der Waals surface area contributed by atoms with Crippen molar-refractivity contribution < 1.29 is 5.11 Å². The molecule has 0 saturated heterocycles. The molecule has 1 aromatic heterocycles. The molecule has 102 valence electrons. The van der Waals surface area contributed by atoms with Gasteiger partial charge in [-0.2, -0.15) is 0 Å². The molecule has 0 bridgehead atoms. The van der Waals surface area contributed by atoms with Gasteiger partial charge in [-0.05, 0) is 19.8 Å². The average Bonchev–Trinajstić information content (AvgIpc) is 2.25. The molecule has 0 amide bonds. The van der Waals surface area contributed by atoms with Crippen LogP contribution in [-0.2, 0) is 0 Å². The molecule has 0 spiro atoms. The van der Waals surface area contributed by atoms with Gasteiger partial charge < -0.3 is 15.4 Å².